The minimum absolute atomic E-state index is 0.165. The summed E-state index contributed by atoms with van der Waals surface area (Å²) in [5.74, 6) is -0.943. The first-order valence-corrected chi connectivity index (χ1v) is 7.09. The van der Waals surface area contributed by atoms with E-state index in [1.807, 2.05) is 6.07 Å². The van der Waals surface area contributed by atoms with Gasteiger partial charge in [0, 0.05) is 7.05 Å². The van der Waals surface area contributed by atoms with Crippen molar-refractivity contribution in [3.8, 4) is 5.88 Å². The van der Waals surface area contributed by atoms with Gasteiger partial charge in [0.15, 0.2) is 0 Å². The molecule has 0 saturated heterocycles. The van der Waals surface area contributed by atoms with E-state index in [-0.39, 0.29) is 11.1 Å². The number of hydrogen-bond donors (Lipinski definition) is 2. The van der Waals surface area contributed by atoms with Crippen LogP contribution >= 0.6 is 0 Å². The van der Waals surface area contributed by atoms with Crippen molar-refractivity contribution >= 4 is 23.4 Å². The normalized spacial score (nSPS) is 15.9. The Morgan fingerprint density at radius 2 is 1.83 bits per heavy atom. The Balaban J connectivity index is 2.09. The Hall–Kier alpha value is -3.42. The fourth-order valence-electron chi connectivity index (χ4n) is 2.33. The highest BCUT2D eigenvalue weighted by Crippen LogP contribution is 2.25. The van der Waals surface area contributed by atoms with Gasteiger partial charge < -0.3 is 5.11 Å². The van der Waals surface area contributed by atoms with Gasteiger partial charge >= 0.3 is 5.69 Å². The number of H-pyrrole nitrogens is 1. The molecule has 0 aliphatic carbocycles. The van der Waals surface area contributed by atoms with Gasteiger partial charge in [0.1, 0.15) is 5.56 Å². The molecule has 0 spiro atoms. The van der Waals surface area contributed by atoms with Crippen LogP contribution in [-0.2, 0) is 11.8 Å². The number of amides is 1. The lowest BCUT2D eigenvalue weighted by Gasteiger charge is -2.11. The maximum absolute atomic E-state index is 12.6. The quantitative estimate of drug-likeness (QED) is 0.787. The molecule has 0 unspecified atom stereocenters. The molecule has 1 aromatic carbocycles. The summed E-state index contributed by atoms with van der Waals surface area (Å²) in [5.41, 5.74) is -0.542. The predicted octanol–water partition coefficient (Wildman–Crippen LogP) is 0.585. The second kappa shape index (κ2) is 5.65. The highest BCUT2D eigenvalue weighted by atomic mass is 16.3. The number of aromatic amines is 1. The molecule has 1 aliphatic heterocycles. The third-order valence-electron chi connectivity index (χ3n) is 3.68. The van der Waals surface area contributed by atoms with Gasteiger partial charge in [-0.15, -0.1) is 0 Å². The summed E-state index contributed by atoms with van der Waals surface area (Å²) in [6, 6.07) is 8.83. The Morgan fingerprint density at radius 3 is 2.50 bits per heavy atom. The smallest absolute Gasteiger partial charge is 0.330 e. The van der Waals surface area contributed by atoms with Crippen molar-refractivity contribution < 1.29 is 9.90 Å². The molecule has 2 heterocycles. The molecule has 8 heteroatoms. The summed E-state index contributed by atoms with van der Waals surface area (Å²) in [6.45, 7) is 1.62. The number of hydrogen-bond acceptors (Lipinski definition) is 5. The van der Waals surface area contributed by atoms with Crippen molar-refractivity contribution in [2.45, 2.75) is 6.92 Å². The van der Waals surface area contributed by atoms with Crippen LogP contribution in [0.25, 0.3) is 6.08 Å². The molecule has 3 rings (SSSR count). The number of nitrogens with zero attached hydrogens (tertiary/aromatic N) is 3. The largest absolute Gasteiger partial charge is 0.494 e. The van der Waals surface area contributed by atoms with Crippen molar-refractivity contribution in [3.05, 3.63) is 62.3 Å². The second-order valence-corrected chi connectivity index (χ2v) is 5.25. The molecule has 1 aliphatic rings. The summed E-state index contributed by atoms with van der Waals surface area (Å²) in [4.78, 5) is 38.0. The van der Waals surface area contributed by atoms with Crippen LogP contribution in [-0.4, -0.2) is 26.3 Å². The van der Waals surface area contributed by atoms with Crippen LogP contribution in [0, 0.1) is 0 Å². The summed E-state index contributed by atoms with van der Waals surface area (Å²) in [6.07, 6.45) is 1.23. The average molecular weight is 326 g/mol. The fourth-order valence-corrected chi connectivity index (χ4v) is 2.33. The third-order valence-corrected chi connectivity index (χ3v) is 3.68. The Bertz CT molecular complexity index is 999. The van der Waals surface area contributed by atoms with Gasteiger partial charge in [0.2, 0.25) is 5.88 Å². The maximum Gasteiger partial charge on any atom is 0.330 e. The molecule has 0 atom stereocenters. The maximum atomic E-state index is 12.6. The van der Waals surface area contributed by atoms with Crippen molar-refractivity contribution in [2.24, 2.45) is 12.1 Å². The first-order valence-electron chi connectivity index (χ1n) is 7.09. The lowest BCUT2D eigenvalue weighted by Crippen LogP contribution is -2.30. The van der Waals surface area contributed by atoms with Gasteiger partial charge in [-0.25, -0.2) is 4.79 Å². The Labute approximate surface area is 136 Å². The topological polar surface area (TPSA) is 108 Å². The first-order chi connectivity index (χ1) is 11.4. The summed E-state index contributed by atoms with van der Waals surface area (Å²) in [7, 11) is 1.31. The summed E-state index contributed by atoms with van der Waals surface area (Å²) in [5, 5.41) is 15.4. The van der Waals surface area contributed by atoms with Crippen LogP contribution < -0.4 is 16.3 Å². The van der Waals surface area contributed by atoms with Crippen LogP contribution in [0.2, 0.25) is 0 Å². The first kappa shape index (κ1) is 15.5. The Morgan fingerprint density at radius 1 is 1.17 bits per heavy atom. The number of aromatic hydroxyl groups is 1. The molecule has 0 bridgehead atoms. The van der Waals surface area contributed by atoms with Gasteiger partial charge in [-0.05, 0) is 25.1 Å². The van der Waals surface area contributed by atoms with E-state index in [1.165, 1.54) is 18.1 Å². The molecule has 122 valence electrons. The van der Waals surface area contributed by atoms with E-state index in [2.05, 4.69) is 10.1 Å². The number of nitrogens with one attached hydrogen (secondary N) is 1. The van der Waals surface area contributed by atoms with Crippen LogP contribution in [0.1, 0.15) is 12.5 Å². The van der Waals surface area contributed by atoms with E-state index >= 15 is 0 Å². The van der Waals surface area contributed by atoms with Crippen molar-refractivity contribution in [2.75, 3.05) is 5.01 Å². The molecule has 0 radical (unpaired) electrons. The molecule has 1 aromatic heterocycles. The van der Waals surface area contributed by atoms with Crippen molar-refractivity contribution in [1.82, 2.24) is 9.55 Å². The SMILES string of the molecule is CC1=NN(c2ccccc2)C(=O)/C1=C/c1c(O)n(C)c(=O)[nH]c1=O. The zero-order valence-corrected chi connectivity index (χ0v) is 13.0. The molecular weight excluding hydrogens is 312 g/mol. The van der Waals surface area contributed by atoms with Crippen molar-refractivity contribution in [3.63, 3.8) is 0 Å². The van der Waals surface area contributed by atoms with E-state index in [4.69, 9.17) is 0 Å². The number of carbonyl (C=O) groups excluding carboxylic acids is 1. The number of aromatic nitrogens is 2. The molecular formula is C16H14N4O4. The van der Waals surface area contributed by atoms with Gasteiger partial charge in [-0.1, -0.05) is 18.2 Å². The van der Waals surface area contributed by atoms with Crippen LogP contribution in [0.4, 0.5) is 5.69 Å². The van der Waals surface area contributed by atoms with E-state index in [0.717, 1.165) is 4.57 Å². The van der Waals surface area contributed by atoms with Crippen LogP contribution in [0.5, 0.6) is 5.88 Å². The molecule has 1 amide bonds. The third kappa shape index (κ3) is 2.43. The summed E-state index contributed by atoms with van der Waals surface area (Å²) < 4.78 is 0.884. The number of anilines is 1. The fraction of sp³-hybridized carbons (Fsp3) is 0.125. The zero-order valence-electron chi connectivity index (χ0n) is 13.0. The second-order valence-electron chi connectivity index (χ2n) is 5.25. The average Bonchev–Trinajstić information content (AvgIpc) is 2.85. The molecule has 8 nitrogen and oxygen atoms in total. The standard InChI is InChI=1S/C16H14N4O4/c1-9-11(8-12-13(21)17-16(24)19(2)14(12)22)15(23)20(18-9)10-6-4-3-5-7-10/h3-8,22H,1-2H3,(H,17,21,24)/b11-8+. The molecule has 2 aromatic rings. The molecule has 2 N–H and O–H groups in total. The van der Waals surface area contributed by atoms with E-state index in [1.54, 1.807) is 31.2 Å². The minimum Gasteiger partial charge on any atom is -0.494 e. The number of carbonyl (C=O) groups is 1. The zero-order chi connectivity index (χ0) is 17.4. The molecule has 24 heavy (non-hydrogen) atoms. The minimum atomic E-state index is -0.776. The van der Waals surface area contributed by atoms with Gasteiger partial charge in [0.05, 0.1) is 17.0 Å². The van der Waals surface area contributed by atoms with E-state index in [9.17, 15) is 19.5 Å². The molecule has 0 saturated carbocycles. The number of para-hydroxylation sites is 1. The highest BCUT2D eigenvalue weighted by Gasteiger charge is 2.29. The summed E-state index contributed by atoms with van der Waals surface area (Å²) >= 11 is 0. The molecule has 0 fully saturated rings. The van der Waals surface area contributed by atoms with Crippen LogP contribution in [0.3, 0.4) is 0 Å². The van der Waals surface area contributed by atoms with Gasteiger partial charge in [0.25, 0.3) is 11.5 Å². The number of benzene rings is 1. The van der Waals surface area contributed by atoms with E-state index in [0.29, 0.717) is 11.4 Å². The lowest BCUT2D eigenvalue weighted by molar-refractivity contribution is -0.114. The van der Waals surface area contributed by atoms with Crippen molar-refractivity contribution in [1.29, 1.82) is 0 Å². The van der Waals surface area contributed by atoms with Gasteiger partial charge in [-0.2, -0.15) is 10.1 Å². The number of hydrazone groups is 1. The predicted molar refractivity (Wildman–Crippen MR) is 89.0 cm³/mol. The highest BCUT2D eigenvalue weighted by molar-refractivity contribution is 6.32. The number of rotatable bonds is 2. The lowest BCUT2D eigenvalue weighted by atomic mass is 10.1. The Kier molecular flexibility index (Phi) is 3.64. The van der Waals surface area contributed by atoms with E-state index < -0.39 is 23.0 Å². The van der Waals surface area contributed by atoms with Crippen LogP contribution in [0.15, 0.2) is 50.6 Å². The monoisotopic (exact) mass is 326 g/mol. The van der Waals surface area contributed by atoms with Gasteiger partial charge in [-0.3, -0.25) is 19.1 Å².